The Kier molecular flexibility index (Phi) is 9.82. The van der Waals surface area contributed by atoms with Crippen molar-refractivity contribution in [3.63, 3.8) is 0 Å². The number of aryl methyl sites for hydroxylation is 1. The van der Waals surface area contributed by atoms with Crippen LogP contribution in [0.15, 0.2) is 24.3 Å². The molecule has 2 aliphatic heterocycles. The number of aromatic nitrogens is 2. The molecule has 3 aliphatic rings. The zero-order valence-corrected chi connectivity index (χ0v) is 25.4. The third-order valence-electron chi connectivity index (χ3n) is 8.80. The number of fused-ring (bicyclic) bond motifs is 2. The minimum atomic E-state index is -0.177. The smallest absolute Gasteiger partial charge is 0.272 e. The van der Waals surface area contributed by atoms with Crippen molar-refractivity contribution >= 4 is 17.7 Å². The van der Waals surface area contributed by atoms with Gasteiger partial charge in [-0.3, -0.25) is 24.0 Å². The predicted molar refractivity (Wildman–Crippen MR) is 160 cm³/mol. The lowest BCUT2D eigenvalue weighted by Crippen LogP contribution is -2.45. The molecule has 1 aromatic carbocycles. The van der Waals surface area contributed by atoms with Gasteiger partial charge in [0.2, 0.25) is 11.8 Å². The van der Waals surface area contributed by atoms with Gasteiger partial charge in [0, 0.05) is 75.6 Å². The molecule has 0 saturated carbocycles. The maximum Gasteiger partial charge on any atom is 0.272 e. The van der Waals surface area contributed by atoms with Gasteiger partial charge < -0.3 is 19.9 Å². The number of hydrogen-bond acceptors (Lipinski definition) is 6. The van der Waals surface area contributed by atoms with Crippen LogP contribution in [0, 0.1) is 5.92 Å². The number of carbonyl (C=O) groups excluding carboxylic acids is 3. The first-order valence-electron chi connectivity index (χ1n) is 15.6. The number of hydrogen-bond donors (Lipinski definition) is 1. The van der Waals surface area contributed by atoms with Gasteiger partial charge in [0.05, 0.1) is 6.54 Å². The lowest BCUT2D eigenvalue weighted by molar-refractivity contribution is -0.136. The first-order chi connectivity index (χ1) is 20.3. The molecule has 1 N–H and O–H groups in total. The Balaban J connectivity index is 1.31. The number of benzene rings is 1. The number of amides is 3. The number of ether oxygens (including phenoxy) is 1. The largest absolute Gasteiger partial charge is 0.492 e. The van der Waals surface area contributed by atoms with Gasteiger partial charge in [-0.15, -0.1) is 0 Å². The minimum absolute atomic E-state index is 0.0431. The maximum absolute atomic E-state index is 13.7. The van der Waals surface area contributed by atoms with E-state index in [4.69, 9.17) is 4.74 Å². The Bertz CT molecular complexity index is 1270. The molecule has 5 rings (SSSR count). The molecule has 0 spiro atoms. The van der Waals surface area contributed by atoms with Crippen LogP contribution >= 0.6 is 0 Å². The molecule has 228 valence electrons. The Hall–Kier alpha value is -3.40. The Morgan fingerprint density at radius 2 is 1.93 bits per heavy atom. The van der Waals surface area contributed by atoms with Crippen LogP contribution < -0.4 is 10.1 Å². The summed E-state index contributed by atoms with van der Waals surface area (Å²) in [6.45, 7) is 8.73. The molecule has 10 nitrogen and oxygen atoms in total. The van der Waals surface area contributed by atoms with Gasteiger partial charge in [-0.2, -0.15) is 5.10 Å². The first kappa shape index (κ1) is 30.1. The second-order valence-corrected chi connectivity index (χ2v) is 12.3. The summed E-state index contributed by atoms with van der Waals surface area (Å²) in [5, 5.41) is 7.64. The zero-order valence-electron chi connectivity index (χ0n) is 25.4. The van der Waals surface area contributed by atoms with E-state index in [-0.39, 0.29) is 23.8 Å². The highest BCUT2D eigenvalue weighted by Crippen LogP contribution is 2.28. The highest BCUT2D eigenvalue weighted by atomic mass is 16.5. The quantitative estimate of drug-likeness (QED) is 0.586. The van der Waals surface area contributed by atoms with E-state index in [0.29, 0.717) is 89.7 Å². The van der Waals surface area contributed by atoms with Gasteiger partial charge in [-0.25, -0.2) is 0 Å². The molecular formula is C32H46N6O4. The van der Waals surface area contributed by atoms with Crippen LogP contribution in [0.4, 0.5) is 0 Å². The fraction of sp³-hybridized carbons (Fsp3) is 0.625. The summed E-state index contributed by atoms with van der Waals surface area (Å²) in [4.78, 5) is 46.6. The first-order valence-corrected chi connectivity index (χ1v) is 15.6. The molecule has 1 unspecified atom stereocenters. The van der Waals surface area contributed by atoms with Crippen molar-refractivity contribution in [2.75, 3.05) is 45.9 Å². The highest BCUT2D eigenvalue weighted by Gasteiger charge is 2.33. The van der Waals surface area contributed by atoms with Gasteiger partial charge in [0.15, 0.2) is 5.69 Å². The number of nitrogens with one attached hydrogen (secondary N) is 1. The van der Waals surface area contributed by atoms with Gasteiger partial charge in [0.25, 0.3) is 5.91 Å². The van der Waals surface area contributed by atoms with Crippen LogP contribution in [0.5, 0.6) is 5.75 Å². The van der Waals surface area contributed by atoms with Crippen molar-refractivity contribution in [3.05, 3.63) is 46.8 Å². The molecule has 1 atom stereocenters. The van der Waals surface area contributed by atoms with E-state index in [0.717, 1.165) is 41.8 Å². The van der Waals surface area contributed by atoms with E-state index in [1.165, 1.54) is 0 Å². The number of rotatable bonds is 5. The highest BCUT2D eigenvalue weighted by molar-refractivity contribution is 5.94. The van der Waals surface area contributed by atoms with Crippen molar-refractivity contribution in [2.24, 2.45) is 13.0 Å². The molecule has 3 amide bonds. The summed E-state index contributed by atoms with van der Waals surface area (Å²) in [5.41, 5.74) is 3.62. The lowest BCUT2D eigenvalue weighted by atomic mass is 9.89. The van der Waals surface area contributed by atoms with Crippen molar-refractivity contribution in [1.29, 1.82) is 0 Å². The van der Waals surface area contributed by atoms with Crippen LogP contribution in [0.25, 0.3) is 0 Å². The van der Waals surface area contributed by atoms with Crippen LogP contribution in [0.1, 0.15) is 73.3 Å². The summed E-state index contributed by atoms with van der Waals surface area (Å²) < 4.78 is 7.72. The standard InChI is InChI=1S/C32H46N6O4/c1-23(2)13-17-38-25-11-12-27-26(20-25)31(34-35(27)3)32(41)33-14-7-16-37(15-6-10-29(38)39)30(40)22-36-18-19-42-28-9-5-4-8-24(28)21-36/h4-5,8-9,23,25H,6-7,10-22H2,1-3H3,(H,33,41). The molecule has 2 aromatic rings. The molecule has 1 aromatic heterocycles. The summed E-state index contributed by atoms with van der Waals surface area (Å²) in [6.07, 6.45) is 4.92. The van der Waals surface area contributed by atoms with Gasteiger partial charge >= 0.3 is 0 Å². The Morgan fingerprint density at radius 1 is 1.12 bits per heavy atom. The summed E-state index contributed by atoms with van der Waals surface area (Å²) in [6, 6.07) is 8.03. The van der Waals surface area contributed by atoms with E-state index in [1.54, 1.807) is 0 Å². The average molecular weight is 579 g/mol. The van der Waals surface area contributed by atoms with Crippen LogP contribution in [0.2, 0.25) is 0 Å². The molecule has 10 heteroatoms. The molecule has 3 heterocycles. The van der Waals surface area contributed by atoms with Crippen LogP contribution in [0.3, 0.4) is 0 Å². The molecule has 0 radical (unpaired) electrons. The number of para-hydroxylation sites is 1. The Labute approximate surface area is 249 Å². The molecule has 42 heavy (non-hydrogen) atoms. The third kappa shape index (κ3) is 7.14. The van der Waals surface area contributed by atoms with Crippen molar-refractivity contribution in [2.45, 2.75) is 71.4 Å². The Morgan fingerprint density at radius 3 is 2.76 bits per heavy atom. The monoisotopic (exact) mass is 578 g/mol. The van der Waals surface area contributed by atoms with E-state index in [9.17, 15) is 14.4 Å². The van der Waals surface area contributed by atoms with Crippen LogP contribution in [-0.2, 0) is 36.0 Å². The summed E-state index contributed by atoms with van der Waals surface area (Å²) >= 11 is 0. The van der Waals surface area contributed by atoms with E-state index in [1.807, 2.05) is 40.9 Å². The van der Waals surface area contributed by atoms with Gasteiger partial charge in [-0.05, 0) is 50.5 Å². The third-order valence-corrected chi connectivity index (χ3v) is 8.80. The number of carbonyl (C=O) groups is 3. The van der Waals surface area contributed by atoms with Gasteiger partial charge in [-0.1, -0.05) is 32.0 Å². The van der Waals surface area contributed by atoms with E-state index < -0.39 is 0 Å². The normalized spacial score (nSPS) is 20.7. The SMILES string of the molecule is CC(C)CCN1C(=O)CCCN(C(=O)CN2CCOc3ccccc3C2)CCCNC(=O)c2nn(C)c3c2CC1CC3. The molecule has 0 saturated heterocycles. The fourth-order valence-electron chi connectivity index (χ4n) is 6.42. The second kappa shape index (κ2) is 13.7. The maximum atomic E-state index is 13.7. The predicted octanol–water partition coefficient (Wildman–Crippen LogP) is 2.79. The van der Waals surface area contributed by atoms with E-state index in [2.05, 4.69) is 34.1 Å². The van der Waals surface area contributed by atoms with E-state index >= 15 is 0 Å². The second-order valence-electron chi connectivity index (χ2n) is 12.3. The molecule has 0 fully saturated rings. The fourth-order valence-corrected chi connectivity index (χ4v) is 6.42. The molecule has 1 aliphatic carbocycles. The average Bonchev–Trinajstić information content (AvgIpc) is 3.15. The zero-order chi connectivity index (χ0) is 29.6. The van der Waals surface area contributed by atoms with Crippen molar-refractivity contribution in [1.82, 2.24) is 29.8 Å². The molecule has 2 bridgehead atoms. The van der Waals surface area contributed by atoms with Gasteiger partial charge in [0.1, 0.15) is 12.4 Å². The topological polar surface area (TPSA) is 100 Å². The van der Waals surface area contributed by atoms with Crippen molar-refractivity contribution < 1.29 is 19.1 Å². The molecular weight excluding hydrogens is 532 g/mol. The van der Waals surface area contributed by atoms with Crippen LogP contribution in [-0.4, -0.2) is 94.1 Å². The number of nitrogens with zero attached hydrogens (tertiary/aromatic N) is 5. The van der Waals surface area contributed by atoms with Crippen molar-refractivity contribution in [3.8, 4) is 5.75 Å². The summed E-state index contributed by atoms with van der Waals surface area (Å²) in [7, 11) is 1.90. The minimum Gasteiger partial charge on any atom is -0.492 e. The summed E-state index contributed by atoms with van der Waals surface area (Å²) in [5.74, 6) is 1.37. The lowest BCUT2D eigenvalue weighted by Gasteiger charge is -2.35.